The molecule has 2 heterocycles. The Morgan fingerprint density at radius 3 is 2.45 bits per heavy atom. The molecule has 2 N–H and O–H groups in total. The maximum absolute atomic E-state index is 13.0. The van der Waals surface area contributed by atoms with Crippen LogP contribution in [-0.4, -0.2) is 58.9 Å². The number of nitrogens with two attached hydrogens (primary N) is 1. The van der Waals surface area contributed by atoms with Crippen molar-refractivity contribution in [2.75, 3.05) is 37.8 Å². The fourth-order valence-corrected chi connectivity index (χ4v) is 3.04. The molecule has 2 aromatic rings. The first-order valence-electron chi connectivity index (χ1n) is 9.22. The molecule has 1 aliphatic rings. The van der Waals surface area contributed by atoms with Gasteiger partial charge in [-0.1, -0.05) is 0 Å². The Balaban J connectivity index is 1.51. The average Bonchev–Trinajstić information content (AvgIpc) is 2.71. The lowest BCUT2D eigenvalue weighted by Gasteiger charge is -2.31. The highest BCUT2D eigenvalue weighted by molar-refractivity contribution is 5.94. The van der Waals surface area contributed by atoms with E-state index in [9.17, 15) is 14.0 Å². The number of anilines is 2. The quantitative estimate of drug-likeness (QED) is 0.744. The fraction of sp³-hybridized carbons (Fsp3) is 0.421. The van der Waals surface area contributed by atoms with Crippen LogP contribution >= 0.6 is 0 Å². The molecule has 1 aromatic carbocycles. The van der Waals surface area contributed by atoms with Gasteiger partial charge in [-0.05, 0) is 37.1 Å². The van der Waals surface area contributed by atoms with Crippen LogP contribution in [0.15, 0.2) is 24.3 Å². The summed E-state index contributed by atoms with van der Waals surface area (Å²) in [4.78, 5) is 40.3. The molecule has 0 unspecified atom stereocenters. The molecule has 1 amide bonds. The third kappa shape index (κ3) is 5.15. The molecule has 0 bridgehead atoms. The van der Waals surface area contributed by atoms with E-state index in [0.717, 1.165) is 0 Å². The first kappa shape index (κ1) is 20.4. The third-order valence-corrected chi connectivity index (χ3v) is 4.64. The number of carbonyl (C=O) groups is 2. The van der Waals surface area contributed by atoms with Gasteiger partial charge in [0, 0.05) is 32.7 Å². The van der Waals surface area contributed by atoms with Gasteiger partial charge >= 0.3 is 5.97 Å². The molecule has 3 rings (SSSR count). The Morgan fingerprint density at radius 1 is 1.17 bits per heavy atom. The van der Waals surface area contributed by atoms with E-state index in [1.54, 1.807) is 23.9 Å². The molecule has 0 saturated carbocycles. The van der Waals surface area contributed by atoms with E-state index in [1.165, 1.54) is 24.3 Å². The van der Waals surface area contributed by atoms with Gasteiger partial charge in [0.05, 0.1) is 5.92 Å². The second-order valence-electron chi connectivity index (χ2n) is 6.99. The number of benzene rings is 1. The normalized spacial score (nSPS) is 14.5. The SMILES string of the molecule is CN(C)c1nc(N)nc(COC(=O)C2CCN(C(=O)c3ccc(F)cc3)CC2)n1. The number of esters is 1. The van der Waals surface area contributed by atoms with Gasteiger partial charge in [-0.2, -0.15) is 15.0 Å². The summed E-state index contributed by atoms with van der Waals surface area (Å²) in [7, 11) is 3.54. The third-order valence-electron chi connectivity index (χ3n) is 4.64. The Bertz CT molecular complexity index is 882. The van der Waals surface area contributed by atoms with E-state index in [2.05, 4.69) is 15.0 Å². The van der Waals surface area contributed by atoms with E-state index >= 15 is 0 Å². The molecule has 9 nitrogen and oxygen atoms in total. The van der Waals surface area contributed by atoms with E-state index in [4.69, 9.17) is 10.5 Å². The lowest BCUT2D eigenvalue weighted by atomic mass is 9.96. The highest BCUT2D eigenvalue weighted by atomic mass is 19.1. The van der Waals surface area contributed by atoms with Crippen LogP contribution in [0.3, 0.4) is 0 Å². The number of hydrogen-bond donors (Lipinski definition) is 1. The van der Waals surface area contributed by atoms with Crippen LogP contribution < -0.4 is 10.6 Å². The molecule has 0 aliphatic carbocycles. The molecule has 10 heteroatoms. The molecule has 0 atom stereocenters. The number of rotatable bonds is 5. The number of nitrogen functional groups attached to an aromatic ring is 1. The molecule has 1 aromatic heterocycles. The number of nitrogens with zero attached hydrogens (tertiary/aromatic N) is 5. The average molecular weight is 402 g/mol. The van der Waals surface area contributed by atoms with Crippen molar-refractivity contribution in [1.82, 2.24) is 19.9 Å². The van der Waals surface area contributed by atoms with Crippen molar-refractivity contribution < 1.29 is 18.7 Å². The number of aromatic nitrogens is 3. The van der Waals surface area contributed by atoms with Gasteiger partial charge in [-0.25, -0.2) is 4.39 Å². The lowest BCUT2D eigenvalue weighted by Crippen LogP contribution is -2.40. The molecule has 1 aliphatic heterocycles. The molecular weight excluding hydrogens is 379 g/mol. The summed E-state index contributed by atoms with van der Waals surface area (Å²) in [5, 5.41) is 0. The predicted molar refractivity (Wildman–Crippen MR) is 103 cm³/mol. The van der Waals surface area contributed by atoms with Crippen LogP contribution in [0.4, 0.5) is 16.3 Å². The first-order chi connectivity index (χ1) is 13.8. The largest absolute Gasteiger partial charge is 0.457 e. The topological polar surface area (TPSA) is 115 Å². The monoisotopic (exact) mass is 402 g/mol. The van der Waals surface area contributed by atoms with Gasteiger partial charge in [0.15, 0.2) is 12.4 Å². The molecule has 0 spiro atoms. The molecule has 154 valence electrons. The van der Waals surface area contributed by atoms with E-state index in [-0.39, 0.29) is 42.0 Å². The van der Waals surface area contributed by atoms with Crippen molar-refractivity contribution in [3.05, 3.63) is 41.5 Å². The van der Waals surface area contributed by atoms with Crippen LogP contribution in [-0.2, 0) is 16.1 Å². The standard InChI is InChI=1S/C19H23FN6O3/c1-25(2)19-23-15(22-18(21)24-19)11-29-17(28)13-7-9-26(10-8-13)16(27)12-3-5-14(20)6-4-12/h3-6,13H,7-11H2,1-2H3,(H2,21,22,23,24). The summed E-state index contributed by atoms with van der Waals surface area (Å²) in [6, 6.07) is 5.43. The van der Waals surface area contributed by atoms with Crippen LogP contribution in [0.25, 0.3) is 0 Å². The minimum atomic E-state index is -0.388. The number of halogens is 1. The Hall–Kier alpha value is -3.30. The summed E-state index contributed by atoms with van der Waals surface area (Å²) in [5.41, 5.74) is 6.09. The van der Waals surface area contributed by atoms with E-state index < -0.39 is 0 Å². The van der Waals surface area contributed by atoms with Gasteiger partial charge < -0.3 is 20.3 Å². The number of hydrogen-bond acceptors (Lipinski definition) is 8. The summed E-state index contributed by atoms with van der Waals surface area (Å²) in [6.07, 6.45) is 0.988. The minimum Gasteiger partial charge on any atom is -0.457 e. The fourth-order valence-electron chi connectivity index (χ4n) is 3.04. The highest BCUT2D eigenvalue weighted by Crippen LogP contribution is 2.21. The zero-order valence-electron chi connectivity index (χ0n) is 16.3. The summed E-state index contributed by atoms with van der Waals surface area (Å²) >= 11 is 0. The van der Waals surface area contributed by atoms with E-state index in [1.807, 2.05) is 0 Å². The second kappa shape index (κ2) is 8.80. The molecule has 29 heavy (non-hydrogen) atoms. The minimum absolute atomic E-state index is 0.0577. The van der Waals surface area contributed by atoms with Crippen LogP contribution in [0.5, 0.6) is 0 Å². The van der Waals surface area contributed by atoms with Gasteiger partial charge in [-0.3, -0.25) is 9.59 Å². The van der Waals surface area contributed by atoms with Gasteiger partial charge in [-0.15, -0.1) is 0 Å². The van der Waals surface area contributed by atoms with Crippen LogP contribution in [0, 0.1) is 11.7 Å². The predicted octanol–water partition coefficient (Wildman–Crippen LogP) is 1.25. The Morgan fingerprint density at radius 2 is 1.83 bits per heavy atom. The van der Waals surface area contributed by atoms with Crippen LogP contribution in [0.1, 0.15) is 29.0 Å². The van der Waals surface area contributed by atoms with Crippen molar-refractivity contribution in [2.45, 2.75) is 19.4 Å². The van der Waals surface area contributed by atoms with Gasteiger partial charge in [0.1, 0.15) is 5.82 Å². The second-order valence-corrected chi connectivity index (χ2v) is 6.99. The van der Waals surface area contributed by atoms with Gasteiger partial charge in [0.2, 0.25) is 11.9 Å². The van der Waals surface area contributed by atoms with Crippen molar-refractivity contribution >= 4 is 23.8 Å². The highest BCUT2D eigenvalue weighted by Gasteiger charge is 2.29. The zero-order chi connectivity index (χ0) is 21.0. The number of amides is 1. The maximum Gasteiger partial charge on any atom is 0.309 e. The first-order valence-corrected chi connectivity index (χ1v) is 9.22. The van der Waals surface area contributed by atoms with Crippen molar-refractivity contribution in [2.24, 2.45) is 5.92 Å². The van der Waals surface area contributed by atoms with Crippen molar-refractivity contribution in [1.29, 1.82) is 0 Å². The Labute approximate surface area is 167 Å². The molecule has 0 radical (unpaired) electrons. The summed E-state index contributed by atoms with van der Waals surface area (Å²) < 4.78 is 18.4. The Kier molecular flexibility index (Phi) is 6.20. The summed E-state index contributed by atoms with van der Waals surface area (Å²) in [6.45, 7) is 0.764. The van der Waals surface area contributed by atoms with E-state index in [0.29, 0.717) is 37.4 Å². The van der Waals surface area contributed by atoms with Crippen LogP contribution in [0.2, 0.25) is 0 Å². The number of piperidine rings is 1. The smallest absolute Gasteiger partial charge is 0.309 e. The lowest BCUT2D eigenvalue weighted by molar-refractivity contribution is -0.151. The van der Waals surface area contributed by atoms with Gasteiger partial charge in [0.25, 0.3) is 5.91 Å². The number of carbonyl (C=O) groups excluding carboxylic acids is 2. The molecule has 1 saturated heterocycles. The summed E-state index contributed by atoms with van der Waals surface area (Å²) in [5.74, 6) is -0.504. The van der Waals surface area contributed by atoms with Crippen molar-refractivity contribution in [3.63, 3.8) is 0 Å². The number of ether oxygens (including phenoxy) is 1. The van der Waals surface area contributed by atoms with Crippen molar-refractivity contribution in [3.8, 4) is 0 Å². The molecular formula is C19H23FN6O3. The zero-order valence-corrected chi connectivity index (χ0v) is 16.3. The molecule has 1 fully saturated rings. The number of likely N-dealkylation sites (tertiary alicyclic amines) is 1. The maximum atomic E-state index is 13.0.